The number of aryl methyl sites for hydroxylation is 1. The Labute approximate surface area is 184 Å². The molecule has 0 saturated carbocycles. The summed E-state index contributed by atoms with van der Waals surface area (Å²) in [5.74, 6) is 0.885. The Kier molecular flexibility index (Phi) is 8.50. The molecule has 0 aliphatic carbocycles. The number of nitrogens with one attached hydrogen (secondary N) is 1. The molecule has 5 nitrogen and oxygen atoms in total. The highest BCUT2D eigenvalue weighted by Gasteiger charge is 2.07. The highest BCUT2D eigenvalue weighted by Crippen LogP contribution is 2.09. The molecule has 1 heterocycles. The van der Waals surface area contributed by atoms with E-state index in [1.54, 1.807) is 6.20 Å². The molecule has 0 amide bonds. The molecule has 1 aromatic heterocycles. The Morgan fingerprint density at radius 3 is 2.54 bits per heavy atom. The first kappa shape index (κ1) is 21.9. The maximum absolute atomic E-state index is 4.42. The van der Waals surface area contributed by atoms with Crippen molar-refractivity contribution in [2.75, 3.05) is 14.1 Å². The van der Waals surface area contributed by atoms with Gasteiger partial charge in [0.15, 0.2) is 5.96 Å². The van der Waals surface area contributed by atoms with Gasteiger partial charge in [-0.05, 0) is 23.6 Å². The van der Waals surface area contributed by atoms with Gasteiger partial charge in [0.1, 0.15) is 0 Å². The van der Waals surface area contributed by atoms with Crippen molar-refractivity contribution in [2.24, 2.45) is 4.99 Å². The second-order valence-electron chi connectivity index (χ2n) is 6.80. The summed E-state index contributed by atoms with van der Waals surface area (Å²) >= 11 is 0. The molecule has 3 rings (SSSR count). The van der Waals surface area contributed by atoms with Crippen molar-refractivity contribution in [3.8, 4) is 0 Å². The van der Waals surface area contributed by atoms with Gasteiger partial charge < -0.3 is 14.8 Å². The predicted octanol–water partition coefficient (Wildman–Crippen LogP) is 4.07. The Morgan fingerprint density at radius 1 is 1.11 bits per heavy atom. The van der Waals surface area contributed by atoms with Crippen LogP contribution in [0.2, 0.25) is 0 Å². The summed E-state index contributed by atoms with van der Waals surface area (Å²) in [4.78, 5) is 10.7. The fourth-order valence-electron chi connectivity index (χ4n) is 3.04. The van der Waals surface area contributed by atoms with Gasteiger partial charge in [0, 0.05) is 46.1 Å². The van der Waals surface area contributed by atoms with Crippen LogP contribution in [-0.4, -0.2) is 34.5 Å². The molecular weight excluding hydrogens is 461 g/mol. The van der Waals surface area contributed by atoms with Gasteiger partial charge in [-0.25, -0.2) is 4.98 Å². The third-order valence-corrected chi connectivity index (χ3v) is 4.48. The van der Waals surface area contributed by atoms with Gasteiger partial charge >= 0.3 is 0 Å². The van der Waals surface area contributed by atoms with Crippen molar-refractivity contribution >= 4 is 29.9 Å². The highest BCUT2D eigenvalue weighted by atomic mass is 127. The average molecular weight is 489 g/mol. The number of halogens is 1. The molecule has 0 aliphatic rings. The smallest absolute Gasteiger partial charge is 0.193 e. The van der Waals surface area contributed by atoms with Crippen LogP contribution in [-0.2, 0) is 19.6 Å². The minimum Gasteiger partial charge on any atom is -0.352 e. The highest BCUT2D eigenvalue weighted by molar-refractivity contribution is 14.0. The number of nitrogens with zero attached hydrogens (tertiary/aromatic N) is 4. The molecule has 2 aromatic carbocycles. The molecule has 0 saturated heterocycles. The molecule has 0 atom stereocenters. The largest absolute Gasteiger partial charge is 0.352 e. The van der Waals surface area contributed by atoms with Gasteiger partial charge in [-0.3, -0.25) is 4.99 Å². The minimum absolute atomic E-state index is 0. The van der Waals surface area contributed by atoms with Crippen LogP contribution in [0.15, 0.2) is 72.2 Å². The molecule has 6 heteroatoms. The Bertz CT molecular complexity index is 872. The van der Waals surface area contributed by atoms with E-state index in [1.807, 2.05) is 19.6 Å². The zero-order valence-corrected chi connectivity index (χ0v) is 19.0. The van der Waals surface area contributed by atoms with E-state index in [4.69, 9.17) is 0 Å². The number of imidazole rings is 1. The van der Waals surface area contributed by atoms with Crippen molar-refractivity contribution in [1.82, 2.24) is 19.8 Å². The topological polar surface area (TPSA) is 45.5 Å². The first-order valence-corrected chi connectivity index (χ1v) is 9.15. The van der Waals surface area contributed by atoms with Crippen LogP contribution in [0.5, 0.6) is 0 Å². The summed E-state index contributed by atoms with van der Waals surface area (Å²) in [7, 11) is 3.88. The van der Waals surface area contributed by atoms with Crippen LogP contribution in [0, 0.1) is 6.92 Å². The first-order valence-electron chi connectivity index (χ1n) is 9.15. The molecule has 3 aromatic rings. The average Bonchev–Trinajstić information content (AvgIpc) is 3.17. The zero-order valence-electron chi connectivity index (χ0n) is 16.7. The van der Waals surface area contributed by atoms with Gasteiger partial charge in [-0.15, -0.1) is 24.0 Å². The number of guanidine groups is 1. The summed E-state index contributed by atoms with van der Waals surface area (Å²) < 4.78 is 2.07. The van der Waals surface area contributed by atoms with E-state index in [-0.39, 0.29) is 24.0 Å². The number of hydrogen-bond donors (Lipinski definition) is 1. The lowest BCUT2D eigenvalue weighted by atomic mass is 10.1. The maximum atomic E-state index is 4.42. The van der Waals surface area contributed by atoms with Gasteiger partial charge in [0.05, 0.1) is 6.33 Å². The van der Waals surface area contributed by atoms with Crippen molar-refractivity contribution in [2.45, 2.75) is 26.6 Å². The fraction of sp³-hybridized carbons (Fsp3) is 0.273. The van der Waals surface area contributed by atoms with Crippen molar-refractivity contribution in [3.63, 3.8) is 0 Å². The van der Waals surface area contributed by atoms with E-state index in [1.165, 1.54) is 22.3 Å². The van der Waals surface area contributed by atoms with E-state index < -0.39 is 0 Å². The predicted molar refractivity (Wildman–Crippen MR) is 126 cm³/mol. The van der Waals surface area contributed by atoms with Crippen molar-refractivity contribution in [1.29, 1.82) is 0 Å². The third-order valence-electron chi connectivity index (χ3n) is 4.48. The number of rotatable bonds is 6. The quantitative estimate of drug-likeness (QED) is 0.323. The Hall–Kier alpha value is -2.35. The van der Waals surface area contributed by atoms with Gasteiger partial charge in [0.25, 0.3) is 0 Å². The summed E-state index contributed by atoms with van der Waals surface area (Å²) in [5.41, 5.74) is 5.04. The van der Waals surface area contributed by atoms with Crippen LogP contribution in [0.25, 0.3) is 0 Å². The number of aromatic nitrogens is 2. The van der Waals surface area contributed by atoms with Crippen LogP contribution in [0.3, 0.4) is 0 Å². The molecular formula is C22H28IN5. The molecule has 0 bridgehead atoms. The second-order valence-corrected chi connectivity index (χ2v) is 6.80. The second kappa shape index (κ2) is 10.8. The monoisotopic (exact) mass is 489 g/mol. The Balaban J connectivity index is 0.00000280. The lowest BCUT2D eigenvalue weighted by molar-refractivity contribution is 0.476. The van der Waals surface area contributed by atoms with E-state index in [0.29, 0.717) is 0 Å². The summed E-state index contributed by atoms with van der Waals surface area (Å²) in [5, 5.41) is 3.46. The van der Waals surface area contributed by atoms with Crippen LogP contribution >= 0.6 is 24.0 Å². The number of benzene rings is 2. The molecule has 0 fully saturated rings. The lowest BCUT2D eigenvalue weighted by Crippen LogP contribution is -2.38. The van der Waals surface area contributed by atoms with Crippen LogP contribution in [0.4, 0.5) is 0 Å². The molecule has 148 valence electrons. The SMILES string of the molecule is CN=C(NCc1cccc(Cn2ccnc2)c1)N(C)Cc1ccc(C)cc1.I. The summed E-state index contributed by atoms with van der Waals surface area (Å²) in [6.07, 6.45) is 5.62. The molecule has 0 radical (unpaired) electrons. The van der Waals surface area contributed by atoms with Crippen LogP contribution < -0.4 is 5.32 Å². The van der Waals surface area contributed by atoms with E-state index in [2.05, 4.69) is 87.3 Å². The maximum Gasteiger partial charge on any atom is 0.193 e. The Morgan fingerprint density at radius 2 is 1.86 bits per heavy atom. The molecule has 28 heavy (non-hydrogen) atoms. The zero-order chi connectivity index (χ0) is 19.1. The van der Waals surface area contributed by atoms with Gasteiger partial charge in [0.2, 0.25) is 0 Å². The van der Waals surface area contributed by atoms with Crippen LogP contribution in [0.1, 0.15) is 22.3 Å². The lowest BCUT2D eigenvalue weighted by Gasteiger charge is -2.22. The third kappa shape index (κ3) is 6.37. The minimum atomic E-state index is 0. The van der Waals surface area contributed by atoms with Crippen molar-refractivity contribution < 1.29 is 0 Å². The summed E-state index contributed by atoms with van der Waals surface area (Å²) in [6.45, 7) is 4.49. The number of hydrogen-bond acceptors (Lipinski definition) is 2. The van der Waals surface area contributed by atoms with Gasteiger partial charge in [-0.2, -0.15) is 0 Å². The van der Waals surface area contributed by atoms with E-state index >= 15 is 0 Å². The van der Waals surface area contributed by atoms with Crippen molar-refractivity contribution in [3.05, 3.63) is 89.5 Å². The standard InChI is InChI=1S/C22H27N5.HI/c1-18-7-9-19(10-8-18)15-26(3)22(23-2)25-14-20-5-4-6-21(13-20)16-27-12-11-24-17-27;/h4-13,17H,14-16H2,1-3H3,(H,23,25);1H. The van der Waals surface area contributed by atoms with Gasteiger partial charge in [-0.1, -0.05) is 54.1 Å². The van der Waals surface area contributed by atoms with E-state index in [9.17, 15) is 0 Å². The molecule has 0 aliphatic heterocycles. The molecule has 1 N–H and O–H groups in total. The molecule has 0 unspecified atom stereocenters. The molecule has 0 spiro atoms. The first-order chi connectivity index (χ1) is 13.1. The fourth-order valence-corrected chi connectivity index (χ4v) is 3.04. The normalized spacial score (nSPS) is 11.0. The van der Waals surface area contributed by atoms with E-state index in [0.717, 1.165) is 25.6 Å². The summed E-state index contributed by atoms with van der Waals surface area (Å²) in [6, 6.07) is 17.2. The number of aliphatic imine (C=N–C) groups is 1.